The number of hydrogen-bond acceptors (Lipinski definition) is 3. The smallest absolute Gasteiger partial charge is 0.336 e. The molecule has 0 unspecified atom stereocenters. The molecule has 2 aromatic carbocycles. The molecule has 1 fully saturated rings. The van der Waals surface area contributed by atoms with E-state index in [2.05, 4.69) is 0 Å². The largest absolute Gasteiger partial charge is 0.419 e. The van der Waals surface area contributed by atoms with Crippen molar-refractivity contribution in [2.75, 3.05) is 26.2 Å². The molecule has 1 saturated heterocycles. The molecule has 12 heteroatoms. The van der Waals surface area contributed by atoms with Gasteiger partial charge in [0.05, 0.1) is 15.6 Å². The predicted octanol–water partition coefficient (Wildman–Crippen LogP) is 4.30. The molecule has 1 aliphatic rings. The summed E-state index contributed by atoms with van der Waals surface area (Å²) in [5.74, 6) is -2.24. The molecular weight excluding hydrogens is 471 g/mol. The van der Waals surface area contributed by atoms with Gasteiger partial charge in [-0.3, -0.25) is 4.79 Å². The molecular formula is C18H14Cl2F4N2O3S. The summed E-state index contributed by atoms with van der Waals surface area (Å²) in [6, 6.07) is 6.25. The van der Waals surface area contributed by atoms with E-state index in [0.29, 0.717) is 12.1 Å². The molecule has 0 spiro atoms. The molecule has 30 heavy (non-hydrogen) atoms. The number of alkyl halides is 3. The zero-order valence-electron chi connectivity index (χ0n) is 15.1. The van der Waals surface area contributed by atoms with Crippen LogP contribution in [0.25, 0.3) is 0 Å². The van der Waals surface area contributed by atoms with Crippen LogP contribution >= 0.6 is 23.2 Å². The minimum Gasteiger partial charge on any atom is -0.336 e. The third-order valence-corrected chi connectivity index (χ3v) is 7.42. The van der Waals surface area contributed by atoms with Gasteiger partial charge in [-0.15, -0.1) is 0 Å². The zero-order valence-corrected chi connectivity index (χ0v) is 17.4. The van der Waals surface area contributed by atoms with Gasteiger partial charge in [0.2, 0.25) is 10.0 Å². The number of carbonyl (C=O) groups is 1. The van der Waals surface area contributed by atoms with E-state index in [9.17, 15) is 30.8 Å². The summed E-state index contributed by atoms with van der Waals surface area (Å²) in [7, 11) is -4.04. The Labute approximate surface area is 179 Å². The van der Waals surface area contributed by atoms with Crippen LogP contribution in [0.15, 0.2) is 41.3 Å². The first-order valence-corrected chi connectivity index (χ1v) is 10.7. The Hall–Kier alpha value is -1.88. The molecule has 0 saturated carbocycles. The highest BCUT2D eigenvalue weighted by Crippen LogP contribution is 2.33. The van der Waals surface area contributed by atoms with Crippen molar-refractivity contribution in [1.82, 2.24) is 9.21 Å². The van der Waals surface area contributed by atoms with Crippen LogP contribution in [0.1, 0.15) is 15.9 Å². The second-order valence-corrected chi connectivity index (χ2v) is 9.13. The minimum absolute atomic E-state index is 0.0491. The van der Waals surface area contributed by atoms with Crippen LogP contribution in [0.2, 0.25) is 10.0 Å². The quantitative estimate of drug-likeness (QED) is 0.610. The standard InChI is InChI=1S/C18H14Cl2F4N2O3S/c19-13-2-1-3-14(20)16(13)30(28,29)26-8-6-25(7-9-26)17(27)11-4-5-15(21)12(10-11)18(22,23)24/h1-5,10H,6-9H2. The average Bonchev–Trinajstić information content (AvgIpc) is 2.66. The molecule has 0 aromatic heterocycles. The zero-order chi connectivity index (χ0) is 22.3. The van der Waals surface area contributed by atoms with Gasteiger partial charge in [0.15, 0.2) is 0 Å². The number of nitrogens with zero attached hydrogens (tertiary/aromatic N) is 2. The summed E-state index contributed by atoms with van der Waals surface area (Å²) in [5.41, 5.74) is -1.88. The van der Waals surface area contributed by atoms with Crippen LogP contribution in [0, 0.1) is 5.82 Å². The van der Waals surface area contributed by atoms with Gasteiger partial charge >= 0.3 is 6.18 Å². The molecule has 0 bridgehead atoms. The highest BCUT2D eigenvalue weighted by molar-refractivity contribution is 7.89. The van der Waals surface area contributed by atoms with Crippen molar-refractivity contribution in [2.45, 2.75) is 11.1 Å². The summed E-state index contributed by atoms with van der Waals surface area (Å²) in [5, 5.41) is -0.0982. The molecule has 2 aromatic rings. The molecule has 162 valence electrons. The molecule has 0 aliphatic carbocycles. The van der Waals surface area contributed by atoms with Gasteiger partial charge in [0.25, 0.3) is 5.91 Å². The van der Waals surface area contributed by atoms with Crippen molar-refractivity contribution in [3.63, 3.8) is 0 Å². The van der Waals surface area contributed by atoms with Crippen LogP contribution in [0.5, 0.6) is 0 Å². The summed E-state index contributed by atoms with van der Waals surface area (Å²) >= 11 is 12.0. The SMILES string of the molecule is O=C(c1ccc(F)c(C(F)(F)F)c1)N1CCN(S(=O)(=O)c2c(Cl)cccc2Cl)CC1. The predicted molar refractivity (Wildman–Crippen MR) is 103 cm³/mol. The Kier molecular flexibility index (Phi) is 6.33. The average molecular weight is 485 g/mol. The molecule has 0 radical (unpaired) electrons. The maximum Gasteiger partial charge on any atom is 0.419 e. The number of hydrogen-bond donors (Lipinski definition) is 0. The van der Waals surface area contributed by atoms with Crippen molar-refractivity contribution in [2.24, 2.45) is 0 Å². The number of rotatable bonds is 3. The number of sulfonamides is 1. The van der Waals surface area contributed by atoms with Crippen LogP contribution in [0.3, 0.4) is 0 Å². The van der Waals surface area contributed by atoms with Crippen molar-refractivity contribution >= 4 is 39.1 Å². The fourth-order valence-corrected chi connectivity index (χ4v) is 5.56. The van der Waals surface area contributed by atoms with E-state index in [1.54, 1.807) is 0 Å². The molecule has 1 amide bonds. The topological polar surface area (TPSA) is 57.7 Å². The first kappa shape index (κ1) is 22.8. The molecule has 5 nitrogen and oxygen atoms in total. The molecule has 1 aliphatic heterocycles. The van der Waals surface area contributed by atoms with Crippen molar-refractivity contribution in [3.8, 4) is 0 Å². The van der Waals surface area contributed by atoms with Crippen LogP contribution in [-0.4, -0.2) is 49.7 Å². The fourth-order valence-electron chi connectivity index (χ4n) is 3.05. The second-order valence-electron chi connectivity index (χ2n) is 6.44. The van der Waals surface area contributed by atoms with Gasteiger partial charge in [-0.2, -0.15) is 17.5 Å². The van der Waals surface area contributed by atoms with E-state index in [4.69, 9.17) is 23.2 Å². The number of piperazine rings is 1. The van der Waals surface area contributed by atoms with Crippen LogP contribution < -0.4 is 0 Å². The second kappa shape index (κ2) is 8.33. The lowest BCUT2D eigenvalue weighted by molar-refractivity contribution is -0.140. The lowest BCUT2D eigenvalue weighted by Crippen LogP contribution is -2.50. The minimum atomic E-state index is -4.94. The monoisotopic (exact) mass is 484 g/mol. The Balaban J connectivity index is 1.77. The Morgan fingerprint density at radius 3 is 2.07 bits per heavy atom. The van der Waals surface area contributed by atoms with E-state index in [1.165, 1.54) is 23.1 Å². The molecule has 0 atom stereocenters. The highest BCUT2D eigenvalue weighted by atomic mass is 35.5. The van der Waals surface area contributed by atoms with E-state index < -0.39 is 33.5 Å². The van der Waals surface area contributed by atoms with E-state index >= 15 is 0 Å². The normalized spacial score (nSPS) is 16.0. The Bertz CT molecular complexity index is 1070. The number of halogens is 6. The summed E-state index contributed by atoms with van der Waals surface area (Å²) in [6.07, 6.45) is -4.94. The third kappa shape index (κ3) is 4.41. The highest BCUT2D eigenvalue weighted by Gasteiger charge is 2.36. The van der Waals surface area contributed by atoms with Gasteiger partial charge in [0.1, 0.15) is 10.7 Å². The van der Waals surface area contributed by atoms with Crippen molar-refractivity contribution < 1.29 is 30.8 Å². The summed E-state index contributed by atoms with van der Waals surface area (Å²) in [6.45, 7) is -0.358. The molecule has 1 heterocycles. The third-order valence-electron chi connectivity index (χ3n) is 4.56. The van der Waals surface area contributed by atoms with Gasteiger partial charge in [-0.1, -0.05) is 29.3 Å². The number of carbonyl (C=O) groups excluding carboxylic acids is 1. The van der Waals surface area contributed by atoms with E-state index in [0.717, 1.165) is 10.4 Å². The van der Waals surface area contributed by atoms with Crippen LogP contribution in [0.4, 0.5) is 17.6 Å². The van der Waals surface area contributed by atoms with Gasteiger partial charge in [-0.05, 0) is 30.3 Å². The van der Waals surface area contributed by atoms with Gasteiger partial charge in [-0.25, -0.2) is 12.8 Å². The van der Waals surface area contributed by atoms with Gasteiger partial charge in [0, 0.05) is 31.7 Å². The van der Waals surface area contributed by atoms with E-state index in [-0.39, 0.29) is 46.7 Å². The maximum atomic E-state index is 13.4. The van der Waals surface area contributed by atoms with Crippen molar-refractivity contribution in [3.05, 3.63) is 63.4 Å². The first-order valence-electron chi connectivity index (χ1n) is 8.53. The van der Waals surface area contributed by atoms with Crippen LogP contribution in [-0.2, 0) is 16.2 Å². The summed E-state index contributed by atoms with van der Waals surface area (Å²) in [4.78, 5) is 13.5. The van der Waals surface area contributed by atoms with Crippen molar-refractivity contribution in [1.29, 1.82) is 0 Å². The lowest BCUT2D eigenvalue weighted by Gasteiger charge is -2.34. The lowest BCUT2D eigenvalue weighted by atomic mass is 10.1. The van der Waals surface area contributed by atoms with Gasteiger partial charge < -0.3 is 4.90 Å². The summed E-state index contributed by atoms with van der Waals surface area (Å²) < 4.78 is 78.9. The van der Waals surface area contributed by atoms with E-state index in [1.807, 2.05) is 0 Å². The Morgan fingerprint density at radius 2 is 1.53 bits per heavy atom. The number of benzene rings is 2. The molecule has 0 N–H and O–H groups in total. The molecule has 3 rings (SSSR count). The maximum absolute atomic E-state index is 13.4. The first-order chi connectivity index (χ1) is 13.9. The fraction of sp³-hybridized carbons (Fsp3) is 0.278. The number of amides is 1. The Morgan fingerprint density at radius 1 is 0.967 bits per heavy atom.